The summed E-state index contributed by atoms with van der Waals surface area (Å²) < 4.78 is 5.66. The molecule has 6 rings (SSSR count). The van der Waals surface area contributed by atoms with Crippen LogP contribution in [0.4, 0.5) is 0 Å². The molecule has 3 unspecified atom stereocenters. The van der Waals surface area contributed by atoms with Gasteiger partial charge in [-0.15, -0.1) is 11.6 Å². The Labute approximate surface area is 152 Å². The number of Topliss-reactive ketones (excluding diaryl/α,β-unsaturated/α-hetero) is 2. The summed E-state index contributed by atoms with van der Waals surface area (Å²) in [5.74, 6) is -0.905. The minimum atomic E-state index is -1.14. The Morgan fingerprint density at radius 3 is 2.72 bits per heavy atom. The number of ketones is 2. The van der Waals surface area contributed by atoms with E-state index in [1.54, 1.807) is 0 Å². The summed E-state index contributed by atoms with van der Waals surface area (Å²) in [7, 11) is 0. The minimum Gasteiger partial charge on any atom is -0.465 e. The van der Waals surface area contributed by atoms with E-state index in [9.17, 15) is 14.4 Å². The maximum absolute atomic E-state index is 13.5. The van der Waals surface area contributed by atoms with Crippen LogP contribution in [0, 0.1) is 34.0 Å². The van der Waals surface area contributed by atoms with Crippen LogP contribution >= 0.6 is 11.6 Å². The molecule has 5 heteroatoms. The molecule has 1 spiro atoms. The van der Waals surface area contributed by atoms with Gasteiger partial charge in [-0.2, -0.15) is 0 Å². The Kier molecular flexibility index (Phi) is 2.93. The van der Waals surface area contributed by atoms with Crippen LogP contribution in [0.1, 0.15) is 45.4 Å². The number of carbonyl (C=O) groups is 3. The zero-order valence-electron chi connectivity index (χ0n) is 14.5. The molecular weight excluding hydrogens is 340 g/mol. The number of allylic oxidation sites excluding steroid dienone is 1. The van der Waals surface area contributed by atoms with Crippen LogP contribution in [0.15, 0.2) is 12.2 Å². The van der Waals surface area contributed by atoms with Gasteiger partial charge in [-0.1, -0.05) is 19.9 Å². The first-order chi connectivity index (χ1) is 11.8. The summed E-state index contributed by atoms with van der Waals surface area (Å²) in [6.07, 6.45) is 4.52. The highest BCUT2D eigenvalue weighted by molar-refractivity contribution is 6.36. The van der Waals surface area contributed by atoms with Gasteiger partial charge in [0.25, 0.3) is 0 Å². The minimum absolute atomic E-state index is 0.0944. The van der Waals surface area contributed by atoms with Crippen molar-refractivity contribution in [2.45, 2.75) is 50.8 Å². The van der Waals surface area contributed by atoms with Crippen LogP contribution in [0.25, 0.3) is 0 Å². The first kappa shape index (κ1) is 16.0. The third kappa shape index (κ3) is 1.52. The molecule has 4 nitrogen and oxygen atoms in total. The molecule has 0 N–H and O–H groups in total. The molecule has 6 fully saturated rings. The highest BCUT2D eigenvalue weighted by atomic mass is 35.5. The van der Waals surface area contributed by atoms with Gasteiger partial charge in [0.2, 0.25) is 0 Å². The Balaban J connectivity index is 1.77. The molecule has 134 valence electrons. The number of rotatable bonds is 0. The molecule has 0 radical (unpaired) electrons. The second-order valence-corrected chi connectivity index (χ2v) is 9.69. The summed E-state index contributed by atoms with van der Waals surface area (Å²) in [6.45, 7) is 6.41. The zero-order valence-corrected chi connectivity index (χ0v) is 15.2. The Bertz CT molecular complexity index is 744. The lowest BCUT2D eigenvalue weighted by Gasteiger charge is -2.68. The lowest BCUT2D eigenvalue weighted by molar-refractivity contribution is -0.229. The molecule has 5 saturated carbocycles. The van der Waals surface area contributed by atoms with E-state index in [0.717, 1.165) is 19.3 Å². The van der Waals surface area contributed by atoms with Crippen molar-refractivity contribution in [1.29, 1.82) is 0 Å². The highest BCUT2D eigenvalue weighted by Gasteiger charge is 2.78. The molecule has 4 bridgehead atoms. The lowest BCUT2D eigenvalue weighted by atomic mass is 9.35. The van der Waals surface area contributed by atoms with Gasteiger partial charge in [-0.3, -0.25) is 14.4 Å². The average molecular weight is 363 g/mol. The maximum atomic E-state index is 13.5. The predicted molar refractivity (Wildman–Crippen MR) is 90.9 cm³/mol. The standard InChI is InChI=1S/C20H23ClO4/c1-10-11-4-7-20(15(10)22)12(8-11)19-6-3-5-18(2,9-25-17(19)24)14(19)13(21)16(20)23/h11-14H,1,3-9H2,2H3/t11-,12?,13-,14?,18-,19+,20?/m0/s1. The van der Waals surface area contributed by atoms with Crippen molar-refractivity contribution in [3.05, 3.63) is 12.2 Å². The van der Waals surface area contributed by atoms with Crippen molar-refractivity contribution in [3.8, 4) is 0 Å². The molecule has 7 atom stereocenters. The van der Waals surface area contributed by atoms with E-state index in [0.29, 0.717) is 31.4 Å². The van der Waals surface area contributed by atoms with E-state index in [1.165, 1.54) is 0 Å². The third-order valence-corrected chi connectivity index (χ3v) is 8.80. The summed E-state index contributed by atoms with van der Waals surface area (Å²) in [5.41, 5.74) is -1.62. The molecule has 0 aromatic rings. The number of ether oxygens (including phenoxy) is 1. The van der Waals surface area contributed by atoms with Gasteiger partial charge in [-0.05, 0) is 49.5 Å². The number of fused-ring (bicyclic) bond motifs is 2. The van der Waals surface area contributed by atoms with E-state index < -0.39 is 16.2 Å². The van der Waals surface area contributed by atoms with E-state index in [2.05, 4.69) is 13.5 Å². The molecule has 5 aliphatic carbocycles. The van der Waals surface area contributed by atoms with E-state index >= 15 is 0 Å². The molecule has 1 heterocycles. The summed E-state index contributed by atoms with van der Waals surface area (Å²) in [5, 5.41) is -0.791. The molecule has 1 saturated heterocycles. The van der Waals surface area contributed by atoms with Crippen LogP contribution in [0.5, 0.6) is 0 Å². The normalized spacial score (nSPS) is 54.0. The lowest BCUT2D eigenvalue weighted by Crippen LogP contribution is -2.75. The topological polar surface area (TPSA) is 60.4 Å². The van der Waals surface area contributed by atoms with Crippen LogP contribution in [0.3, 0.4) is 0 Å². The second-order valence-electron chi connectivity index (χ2n) is 9.22. The summed E-state index contributed by atoms with van der Waals surface area (Å²) in [6, 6.07) is 0. The fraction of sp³-hybridized carbons (Fsp3) is 0.750. The van der Waals surface area contributed by atoms with Crippen molar-refractivity contribution in [3.63, 3.8) is 0 Å². The Hall–Kier alpha value is -1.16. The van der Waals surface area contributed by atoms with Crippen LogP contribution in [-0.4, -0.2) is 29.5 Å². The van der Waals surface area contributed by atoms with Gasteiger partial charge in [0.1, 0.15) is 0 Å². The van der Waals surface area contributed by atoms with Gasteiger partial charge < -0.3 is 4.74 Å². The number of hydrogen-bond acceptors (Lipinski definition) is 4. The SMILES string of the molecule is C=C1C(=O)C23CC[C@H]1CC2[C@@]12CCC[C@@](C)(COC1=O)C2[C@H](Cl)C3=O. The number of halogens is 1. The van der Waals surface area contributed by atoms with Crippen LogP contribution < -0.4 is 0 Å². The molecule has 0 amide bonds. The van der Waals surface area contributed by atoms with Crippen LogP contribution in [-0.2, 0) is 19.1 Å². The van der Waals surface area contributed by atoms with Gasteiger partial charge in [0, 0.05) is 11.3 Å². The monoisotopic (exact) mass is 362 g/mol. The van der Waals surface area contributed by atoms with Crippen molar-refractivity contribution >= 4 is 29.1 Å². The summed E-state index contributed by atoms with van der Waals surface area (Å²) >= 11 is 6.77. The Morgan fingerprint density at radius 1 is 1.20 bits per heavy atom. The second kappa shape index (κ2) is 4.57. The fourth-order valence-electron chi connectivity index (χ4n) is 7.32. The first-order valence-electron chi connectivity index (χ1n) is 9.38. The number of alkyl halides is 1. The highest BCUT2D eigenvalue weighted by Crippen LogP contribution is 2.72. The smallest absolute Gasteiger partial charge is 0.312 e. The largest absolute Gasteiger partial charge is 0.465 e. The molecule has 1 aliphatic heterocycles. The van der Waals surface area contributed by atoms with E-state index in [-0.39, 0.29) is 40.7 Å². The van der Waals surface area contributed by atoms with Gasteiger partial charge in [0.15, 0.2) is 11.6 Å². The summed E-state index contributed by atoms with van der Waals surface area (Å²) in [4.78, 5) is 39.8. The number of hydrogen-bond donors (Lipinski definition) is 0. The molecule has 0 aromatic heterocycles. The quantitative estimate of drug-likeness (QED) is 0.287. The number of cyclic esters (lactones) is 1. The van der Waals surface area contributed by atoms with Gasteiger partial charge in [-0.25, -0.2) is 0 Å². The van der Waals surface area contributed by atoms with E-state index in [4.69, 9.17) is 16.3 Å². The molecular formula is C20H23ClO4. The molecule has 25 heavy (non-hydrogen) atoms. The van der Waals surface area contributed by atoms with E-state index in [1.807, 2.05) is 0 Å². The molecule has 6 aliphatic rings. The fourth-order valence-corrected chi connectivity index (χ4v) is 8.04. The van der Waals surface area contributed by atoms with Crippen molar-refractivity contribution in [1.82, 2.24) is 0 Å². The van der Waals surface area contributed by atoms with Gasteiger partial charge >= 0.3 is 5.97 Å². The zero-order chi connectivity index (χ0) is 17.8. The first-order valence-corrected chi connectivity index (χ1v) is 9.82. The van der Waals surface area contributed by atoms with Gasteiger partial charge in [0.05, 0.1) is 22.8 Å². The number of esters is 1. The predicted octanol–water partition coefficient (Wildman–Crippen LogP) is 3.07. The average Bonchev–Trinajstić information content (AvgIpc) is 2.60. The Morgan fingerprint density at radius 2 is 1.96 bits per heavy atom. The molecule has 0 aromatic carbocycles. The third-order valence-electron chi connectivity index (χ3n) is 8.35. The van der Waals surface area contributed by atoms with Crippen molar-refractivity contribution < 1.29 is 19.1 Å². The maximum Gasteiger partial charge on any atom is 0.312 e. The van der Waals surface area contributed by atoms with Crippen molar-refractivity contribution in [2.75, 3.05) is 6.61 Å². The van der Waals surface area contributed by atoms with Crippen LogP contribution in [0.2, 0.25) is 0 Å². The number of carbonyl (C=O) groups excluding carboxylic acids is 3. The van der Waals surface area contributed by atoms with Crippen molar-refractivity contribution in [2.24, 2.45) is 34.0 Å².